The van der Waals surface area contributed by atoms with Crippen LogP contribution in [-0.2, 0) is 19.5 Å². The largest absolute Gasteiger partial charge is 0.428 e. The van der Waals surface area contributed by atoms with E-state index in [2.05, 4.69) is 14.7 Å². The number of benzene rings is 1. The summed E-state index contributed by atoms with van der Waals surface area (Å²) in [6.07, 6.45) is 1.42. The predicted octanol–water partition coefficient (Wildman–Crippen LogP) is 2.95. The first-order valence-electron chi connectivity index (χ1n) is 8.07. The highest BCUT2D eigenvalue weighted by Crippen LogP contribution is 2.23. The quantitative estimate of drug-likeness (QED) is 0.801. The van der Waals surface area contributed by atoms with Gasteiger partial charge in [-0.1, -0.05) is 0 Å². The second-order valence-electron chi connectivity index (χ2n) is 6.41. The van der Waals surface area contributed by atoms with Crippen LogP contribution in [0.3, 0.4) is 0 Å². The summed E-state index contributed by atoms with van der Waals surface area (Å²) in [5.41, 5.74) is 1.24. The summed E-state index contributed by atoms with van der Waals surface area (Å²) in [4.78, 5) is 8.41. The molecule has 0 aliphatic carbocycles. The van der Waals surface area contributed by atoms with E-state index in [0.29, 0.717) is 23.7 Å². The molecule has 1 atom stereocenters. The molecular weight excluding hydrogens is 358 g/mol. The van der Waals surface area contributed by atoms with E-state index in [4.69, 9.17) is 13.9 Å². The summed E-state index contributed by atoms with van der Waals surface area (Å²) in [7, 11) is -3.78. The van der Waals surface area contributed by atoms with Crippen LogP contribution < -0.4 is 4.72 Å². The van der Waals surface area contributed by atoms with Gasteiger partial charge in [-0.25, -0.2) is 13.1 Å². The number of oxazole rings is 1. The summed E-state index contributed by atoms with van der Waals surface area (Å²) in [5.74, 6) is -0.0506. The van der Waals surface area contributed by atoms with Gasteiger partial charge in [0.25, 0.3) is 10.0 Å². The Balaban J connectivity index is 1.68. The van der Waals surface area contributed by atoms with Crippen molar-refractivity contribution in [3.63, 3.8) is 0 Å². The number of rotatable bonds is 5. The van der Waals surface area contributed by atoms with Crippen molar-refractivity contribution in [2.45, 2.75) is 44.5 Å². The van der Waals surface area contributed by atoms with Crippen molar-refractivity contribution in [2.75, 3.05) is 11.3 Å². The number of nitrogens with zero attached hydrogens (tertiary/aromatic N) is 2. The number of sulfonamides is 1. The maximum absolute atomic E-state index is 12.4. The van der Waals surface area contributed by atoms with Crippen LogP contribution in [0.4, 0.5) is 11.7 Å². The number of hydrogen-bond donors (Lipinski definition) is 1. The van der Waals surface area contributed by atoms with Crippen LogP contribution in [0.25, 0.3) is 0 Å². The average Bonchev–Trinajstić information content (AvgIpc) is 3.06. The highest BCUT2D eigenvalue weighted by Gasteiger charge is 2.31. The lowest BCUT2D eigenvalue weighted by molar-refractivity contribution is -0.130. The van der Waals surface area contributed by atoms with Gasteiger partial charge in [-0.05, 0) is 52.0 Å². The van der Waals surface area contributed by atoms with Gasteiger partial charge in [0.2, 0.25) is 0 Å². The predicted molar refractivity (Wildman–Crippen MR) is 96.3 cm³/mol. The Labute approximate surface area is 152 Å². The Morgan fingerprint density at radius 1 is 1.27 bits per heavy atom. The lowest BCUT2D eigenvalue weighted by Crippen LogP contribution is -2.21. The van der Waals surface area contributed by atoms with Crippen molar-refractivity contribution < 1.29 is 22.3 Å². The maximum atomic E-state index is 12.4. The molecule has 0 saturated carbocycles. The third-order valence-corrected chi connectivity index (χ3v) is 5.15. The highest BCUT2D eigenvalue weighted by molar-refractivity contribution is 7.92. The summed E-state index contributed by atoms with van der Waals surface area (Å²) in [6, 6.07) is 6.10. The van der Waals surface area contributed by atoms with Gasteiger partial charge < -0.3 is 13.9 Å². The molecule has 1 aliphatic heterocycles. The fourth-order valence-electron chi connectivity index (χ4n) is 2.36. The number of ether oxygens (including phenoxy) is 2. The van der Waals surface area contributed by atoms with Gasteiger partial charge >= 0.3 is 6.01 Å². The van der Waals surface area contributed by atoms with E-state index in [9.17, 15) is 8.42 Å². The first-order chi connectivity index (χ1) is 12.1. The number of hydrogen-bond acceptors (Lipinski definition) is 7. The standard InChI is InChI=1S/C17H21N3O5S/c1-11-12(2)24-16(19-11)20-26(21,22)15-7-5-13(6-8-15)18-9-14-10-23-17(3,4)25-14/h5-9,14H,10H2,1-4H3,(H,19,20)/t14-/m0/s1. The summed E-state index contributed by atoms with van der Waals surface area (Å²) in [6.45, 7) is 7.56. The lowest BCUT2D eigenvalue weighted by atomic mass is 10.3. The van der Waals surface area contributed by atoms with Gasteiger partial charge in [0.1, 0.15) is 11.9 Å². The van der Waals surface area contributed by atoms with E-state index >= 15 is 0 Å². The number of anilines is 1. The molecule has 1 aromatic heterocycles. The molecule has 8 nitrogen and oxygen atoms in total. The van der Waals surface area contributed by atoms with Crippen LogP contribution >= 0.6 is 0 Å². The Morgan fingerprint density at radius 2 is 1.96 bits per heavy atom. The van der Waals surface area contributed by atoms with E-state index in [1.54, 1.807) is 32.2 Å². The molecule has 1 aliphatic rings. The maximum Gasteiger partial charge on any atom is 0.309 e. The summed E-state index contributed by atoms with van der Waals surface area (Å²) < 4.78 is 43.4. The van der Waals surface area contributed by atoms with Crippen LogP contribution in [0.2, 0.25) is 0 Å². The molecule has 0 unspecified atom stereocenters. The zero-order valence-electron chi connectivity index (χ0n) is 15.0. The van der Waals surface area contributed by atoms with Crippen molar-refractivity contribution >= 4 is 27.9 Å². The number of aryl methyl sites for hydroxylation is 2. The van der Waals surface area contributed by atoms with E-state index in [-0.39, 0.29) is 17.0 Å². The molecule has 0 spiro atoms. The van der Waals surface area contributed by atoms with Crippen molar-refractivity contribution in [1.29, 1.82) is 0 Å². The van der Waals surface area contributed by atoms with E-state index in [1.165, 1.54) is 12.1 Å². The van der Waals surface area contributed by atoms with Crippen molar-refractivity contribution in [3.05, 3.63) is 35.7 Å². The number of aromatic nitrogens is 1. The molecule has 1 saturated heterocycles. The zero-order chi connectivity index (χ0) is 18.9. The molecule has 140 valence electrons. The van der Waals surface area contributed by atoms with E-state index in [1.807, 2.05) is 13.8 Å². The van der Waals surface area contributed by atoms with Gasteiger partial charge in [0.15, 0.2) is 5.79 Å². The second-order valence-corrected chi connectivity index (χ2v) is 8.09. The monoisotopic (exact) mass is 379 g/mol. The third kappa shape index (κ3) is 4.29. The van der Waals surface area contributed by atoms with Crippen LogP contribution in [0.5, 0.6) is 0 Å². The Bertz CT molecular complexity index is 897. The van der Waals surface area contributed by atoms with Gasteiger partial charge in [0.05, 0.1) is 22.9 Å². The van der Waals surface area contributed by atoms with E-state index < -0.39 is 15.8 Å². The van der Waals surface area contributed by atoms with Gasteiger partial charge in [-0.2, -0.15) is 4.98 Å². The lowest BCUT2D eigenvalue weighted by Gasteiger charge is -2.15. The molecule has 2 aromatic rings. The minimum Gasteiger partial charge on any atom is -0.428 e. The SMILES string of the molecule is Cc1nc(NS(=O)(=O)c2ccc(N=C[C@H]3COC(C)(C)O3)cc2)oc1C. The fourth-order valence-corrected chi connectivity index (χ4v) is 3.29. The molecule has 3 rings (SSSR count). The van der Waals surface area contributed by atoms with Gasteiger partial charge in [-0.15, -0.1) is 0 Å². The minimum absolute atomic E-state index is 0.0527. The fraction of sp³-hybridized carbons (Fsp3) is 0.412. The smallest absolute Gasteiger partial charge is 0.309 e. The zero-order valence-corrected chi connectivity index (χ0v) is 15.8. The second kappa shape index (κ2) is 6.82. The normalized spacial score (nSPS) is 19.9. The van der Waals surface area contributed by atoms with Crippen LogP contribution in [0, 0.1) is 13.8 Å². The molecule has 1 N–H and O–H groups in total. The number of aliphatic imine (C=N–C) groups is 1. The molecule has 1 aromatic carbocycles. The van der Waals surface area contributed by atoms with Gasteiger partial charge in [0, 0.05) is 6.21 Å². The first-order valence-corrected chi connectivity index (χ1v) is 9.56. The molecule has 2 heterocycles. The van der Waals surface area contributed by atoms with Gasteiger partial charge in [-0.3, -0.25) is 4.99 Å². The van der Waals surface area contributed by atoms with Crippen LogP contribution in [-0.4, -0.2) is 38.1 Å². The number of nitrogens with one attached hydrogen (secondary N) is 1. The first kappa shape index (κ1) is 18.6. The molecule has 9 heteroatoms. The molecular formula is C17H21N3O5S. The Morgan fingerprint density at radius 3 is 2.50 bits per heavy atom. The molecule has 0 radical (unpaired) electrons. The Hall–Kier alpha value is -2.23. The molecule has 26 heavy (non-hydrogen) atoms. The molecule has 0 bridgehead atoms. The highest BCUT2D eigenvalue weighted by atomic mass is 32.2. The topological polar surface area (TPSA) is 103 Å². The van der Waals surface area contributed by atoms with Crippen LogP contribution in [0.15, 0.2) is 38.6 Å². The van der Waals surface area contributed by atoms with Crippen molar-refractivity contribution in [1.82, 2.24) is 4.98 Å². The van der Waals surface area contributed by atoms with Crippen molar-refractivity contribution in [3.8, 4) is 0 Å². The Kier molecular flexibility index (Phi) is 4.87. The van der Waals surface area contributed by atoms with Crippen LogP contribution in [0.1, 0.15) is 25.3 Å². The van der Waals surface area contributed by atoms with Crippen molar-refractivity contribution in [2.24, 2.45) is 4.99 Å². The average molecular weight is 379 g/mol. The molecule has 0 amide bonds. The summed E-state index contributed by atoms with van der Waals surface area (Å²) in [5, 5.41) is 0. The van der Waals surface area contributed by atoms with E-state index in [0.717, 1.165) is 0 Å². The third-order valence-electron chi connectivity index (χ3n) is 3.82. The summed E-state index contributed by atoms with van der Waals surface area (Å²) >= 11 is 0. The molecule has 1 fully saturated rings. The minimum atomic E-state index is -3.78.